The number of aryl methyl sites for hydroxylation is 3. The van der Waals surface area contributed by atoms with E-state index in [9.17, 15) is 9.50 Å². The summed E-state index contributed by atoms with van der Waals surface area (Å²) in [5.41, 5.74) is 5.01. The van der Waals surface area contributed by atoms with Gasteiger partial charge in [0.15, 0.2) is 0 Å². The van der Waals surface area contributed by atoms with Gasteiger partial charge in [0.1, 0.15) is 17.7 Å². The Kier molecular flexibility index (Phi) is 4.01. The molecule has 2 N–H and O–H groups in total. The molecule has 118 valence electrons. The molecule has 0 aliphatic heterocycles. The van der Waals surface area contributed by atoms with E-state index in [0.717, 1.165) is 22.3 Å². The number of aromatic nitrogens is 2. The van der Waals surface area contributed by atoms with Crippen molar-refractivity contribution in [2.24, 2.45) is 0 Å². The van der Waals surface area contributed by atoms with Crippen LogP contribution in [-0.4, -0.2) is 15.1 Å². The monoisotopic (exact) mass is 310 g/mol. The molecule has 0 amide bonds. The maximum Gasteiger partial charge on any atom is 0.140 e. The van der Waals surface area contributed by atoms with Crippen molar-refractivity contribution in [3.63, 3.8) is 0 Å². The van der Waals surface area contributed by atoms with E-state index < -0.39 is 6.10 Å². The van der Waals surface area contributed by atoms with E-state index in [1.807, 2.05) is 32.9 Å². The number of aliphatic hydroxyl groups is 1. The first-order valence-electron chi connectivity index (χ1n) is 7.53. The molecule has 0 aliphatic rings. The Morgan fingerprint density at radius 2 is 1.74 bits per heavy atom. The summed E-state index contributed by atoms with van der Waals surface area (Å²) in [6.07, 6.45) is 0.687. The van der Waals surface area contributed by atoms with Gasteiger partial charge >= 0.3 is 0 Å². The van der Waals surface area contributed by atoms with Crippen molar-refractivity contribution in [2.75, 3.05) is 0 Å². The number of aliphatic hydroxyl groups excluding tert-OH is 1. The highest BCUT2D eigenvalue weighted by atomic mass is 19.1. The number of H-pyrrole nitrogens is 1. The molecule has 1 unspecified atom stereocenters. The normalized spacial score (nSPS) is 12.4. The Morgan fingerprint density at radius 3 is 2.39 bits per heavy atom. The second-order valence-electron chi connectivity index (χ2n) is 5.88. The van der Waals surface area contributed by atoms with Gasteiger partial charge in [0.25, 0.3) is 0 Å². The lowest BCUT2D eigenvalue weighted by atomic mass is 9.95. The summed E-state index contributed by atoms with van der Waals surface area (Å²) in [7, 11) is 0. The molecule has 0 radical (unpaired) electrons. The first-order chi connectivity index (χ1) is 11.0. The Balaban J connectivity index is 1.99. The maximum absolute atomic E-state index is 13.9. The van der Waals surface area contributed by atoms with E-state index in [1.165, 1.54) is 6.07 Å². The molecule has 1 heterocycles. The molecule has 1 aromatic heterocycles. The third-order valence-electron chi connectivity index (χ3n) is 4.03. The van der Waals surface area contributed by atoms with Crippen LogP contribution in [-0.2, 0) is 0 Å². The lowest BCUT2D eigenvalue weighted by molar-refractivity contribution is 0.209. The van der Waals surface area contributed by atoms with Crippen molar-refractivity contribution in [1.82, 2.24) is 9.97 Å². The van der Waals surface area contributed by atoms with E-state index in [4.69, 9.17) is 0 Å². The van der Waals surface area contributed by atoms with Crippen LogP contribution in [0.25, 0.3) is 11.3 Å². The van der Waals surface area contributed by atoms with Gasteiger partial charge in [-0.25, -0.2) is 9.37 Å². The van der Waals surface area contributed by atoms with Crippen molar-refractivity contribution < 1.29 is 9.50 Å². The number of benzene rings is 2. The van der Waals surface area contributed by atoms with E-state index in [-0.39, 0.29) is 5.82 Å². The van der Waals surface area contributed by atoms with Crippen LogP contribution in [0.5, 0.6) is 0 Å². The van der Waals surface area contributed by atoms with Gasteiger partial charge in [-0.1, -0.05) is 29.8 Å². The average Bonchev–Trinajstić information content (AvgIpc) is 2.96. The minimum absolute atomic E-state index is 0.320. The molecule has 0 aliphatic carbocycles. The summed E-state index contributed by atoms with van der Waals surface area (Å²) in [5.74, 6) is 0.0955. The highest BCUT2D eigenvalue weighted by Crippen LogP contribution is 2.29. The van der Waals surface area contributed by atoms with Crippen LogP contribution in [0.4, 0.5) is 4.39 Å². The molecule has 0 spiro atoms. The van der Waals surface area contributed by atoms with Crippen molar-refractivity contribution in [1.29, 1.82) is 0 Å². The summed E-state index contributed by atoms with van der Waals surface area (Å²) >= 11 is 0. The Bertz CT molecular complexity index is 831. The summed E-state index contributed by atoms with van der Waals surface area (Å²) in [6, 6.07) is 10.6. The molecule has 1 atom stereocenters. The van der Waals surface area contributed by atoms with E-state index in [1.54, 1.807) is 24.4 Å². The van der Waals surface area contributed by atoms with Crippen molar-refractivity contribution in [3.05, 3.63) is 76.5 Å². The second-order valence-corrected chi connectivity index (χ2v) is 5.88. The maximum atomic E-state index is 13.9. The minimum Gasteiger partial charge on any atom is -0.380 e. The second kappa shape index (κ2) is 5.97. The predicted octanol–water partition coefficient (Wildman–Crippen LogP) is 4.22. The molecule has 3 rings (SSSR count). The smallest absolute Gasteiger partial charge is 0.140 e. The van der Waals surface area contributed by atoms with Gasteiger partial charge in [-0.05, 0) is 49.6 Å². The first-order valence-corrected chi connectivity index (χ1v) is 7.53. The average molecular weight is 310 g/mol. The van der Waals surface area contributed by atoms with Crippen molar-refractivity contribution >= 4 is 0 Å². The van der Waals surface area contributed by atoms with Crippen LogP contribution in [0.3, 0.4) is 0 Å². The van der Waals surface area contributed by atoms with Crippen molar-refractivity contribution in [3.8, 4) is 11.3 Å². The number of halogens is 1. The fraction of sp³-hybridized carbons (Fsp3) is 0.211. The van der Waals surface area contributed by atoms with E-state index in [0.29, 0.717) is 17.1 Å². The molecular weight excluding hydrogens is 291 g/mol. The number of rotatable bonds is 3. The molecule has 2 aromatic carbocycles. The summed E-state index contributed by atoms with van der Waals surface area (Å²) in [4.78, 5) is 7.28. The van der Waals surface area contributed by atoms with Crippen LogP contribution in [0, 0.1) is 26.6 Å². The quantitative estimate of drug-likeness (QED) is 0.761. The van der Waals surface area contributed by atoms with Gasteiger partial charge in [-0.2, -0.15) is 0 Å². The summed E-state index contributed by atoms with van der Waals surface area (Å²) in [5, 5.41) is 10.7. The third kappa shape index (κ3) is 2.90. The number of aromatic amines is 1. The van der Waals surface area contributed by atoms with Crippen LogP contribution >= 0.6 is 0 Å². The molecule has 3 aromatic rings. The fourth-order valence-corrected chi connectivity index (χ4v) is 3.05. The molecule has 23 heavy (non-hydrogen) atoms. The minimum atomic E-state index is -0.865. The predicted molar refractivity (Wildman–Crippen MR) is 88.7 cm³/mol. The number of hydrogen-bond acceptors (Lipinski definition) is 2. The van der Waals surface area contributed by atoms with Gasteiger partial charge < -0.3 is 10.1 Å². The zero-order valence-corrected chi connectivity index (χ0v) is 13.4. The zero-order valence-electron chi connectivity index (χ0n) is 13.4. The Hall–Kier alpha value is -2.46. The van der Waals surface area contributed by atoms with Crippen molar-refractivity contribution in [2.45, 2.75) is 26.9 Å². The van der Waals surface area contributed by atoms with Crippen LogP contribution in [0.15, 0.2) is 42.6 Å². The zero-order chi connectivity index (χ0) is 16.6. The third-order valence-corrected chi connectivity index (χ3v) is 4.03. The largest absolute Gasteiger partial charge is 0.380 e. The molecule has 0 saturated heterocycles. The Labute approximate surface area is 134 Å². The van der Waals surface area contributed by atoms with Crippen LogP contribution in [0.2, 0.25) is 0 Å². The molecular formula is C19H19FN2O. The fourth-order valence-electron chi connectivity index (χ4n) is 3.05. The van der Waals surface area contributed by atoms with Gasteiger partial charge in [0.05, 0.1) is 11.9 Å². The lowest BCUT2D eigenvalue weighted by Gasteiger charge is -2.15. The van der Waals surface area contributed by atoms with E-state index in [2.05, 4.69) is 9.97 Å². The number of nitrogens with one attached hydrogen (secondary N) is 1. The highest BCUT2D eigenvalue weighted by molar-refractivity contribution is 5.59. The first kappa shape index (κ1) is 15.4. The lowest BCUT2D eigenvalue weighted by Crippen LogP contribution is -2.07. The molecule has 4 heteroatoms. The van der Waals surface area contributed by atoms with Gasteiger partial charge in [-0.3, -0.25) is 0 Å². The standard InChI is InChI=1S/C19H19FN2O/c1-11-8-12(2)17(13(3)9-11)18(23)19-21-10-16(22-19)14-6-4-5-7-15(14)20/h4-10,18,23H,1-3H3,(H,21,22). The number of hydrogen-bond donors (Lipinski definition) is 2. The topological polar surface area (TPSA) is 48.9 Å². The number of nitrogens with zero attached hydrogens (tertiary/aromatic N) is 1. The van der Waals surface area contributed by atoms with Gasteiger partial charge in [0, 0.05) is 5.56 Å². The summed E-state index contributed by atoms with van der Waals surface area (Å²) in [6.45, 7) is 5.97. The van der Waals surface area contributed by atoms with Gasteiger partial charge in [0.2, 0.25) is 0 Å². The van der Waals surface area contributed by atoms with E-state index >= 15 is 0 Å². The molecule has 0 fully saturated rings. The SMILES string of the molecule is Cc1cc(C)c(C(O)c2ncc(-c3ccccc3F)[nH]2)c(C)c1. The summed E-state index contributed by atoms with van der Waals surface area (Å²) < 4.78 is 13.9. The van der Waals surface area contributed by atoms with Crippen LogP contribution in [0.1, 0.15) is 34.2 Å². The highest BCUT2D eigenvalue weighted by Gasteiger charge is 2.19. The molecule has 0 saturated carbocycles. The molecule has 0 bridgehead atoms. The van der Waals surface area contributed by atoms with Gasteiger partial charge in [-0.15, -0.1) is 0 Å². The molecule has 3 nitrogen and oxygen atoms in total. The Morgan fingerprint density at radius 1 is 1.09 bits per heavy atom. The van der Waals surface area contributed by atoms with Crippen LogP contribution < -0.4 is 0 Å². The number of imidazole rings is 1.